The Morgan fingerprint density at radius 2 is 0.934 bits per heavy atom. The summed E-state index contributed by atoms with van der Waals surface area (Å²) in [5.41, 5.74) is 9.39. The number of aromatic amines is 4. The van der Waals surface area contributed by atoms with E-state index in [9.17, 15) is 38.9 Å². The number of aromatic nitrogens is 4. The van der Waals surface area contributed by atoms with E-state index in [0.717, 1.165) is 27.7 Å². The molecule has 4 aromatic heterocycles. The Morgan fingerprint density at radius 1 is 0.426 bits per heavy atom. The smallest absolute Gasteiger partial charge is 0.294 e. The van der Waals surface area contributed by atoms with E-state index in [1.807, 2.05) is 79.7 Å². The summed E-state index contributed by atoms with van der Waals surface area (Å²) in [6.45, 7) is 2.00. The fourth-order valence-electron chi connectivity index (χ4n) is 7.55. The highest BCUT2D eigenvalue weighted by Gasteiger charge is 2.20. The van der Waals surface area contributed by atoms with Gasteiger partial charge in [0.15, 0.2) is 0 Å². The highest BCUT2D eigenvalue weighted by atomic mass is 32.2. The van der Waals surface area contributed by atoms with E-state index in [1.165, 1.54) is 36.4 Å². The van der Waals surface area contributed by atoms with Crippen LogP contribution in [0.1, 0.15) is 39.5 Å². The Morgan fingerprint density at radius 3 is 1.49 bits per heavy atom. The first-order valence-corrected chi connectivity index (χ1v) is 22.9. The zero-order valence-corrected chi connectivity index (χ0v) is 34.3. The molecule has 0 spiro atoms. The molecule has 16 heteroatoms. The van der Waals surface area contributed by atoms with Gasteiger partial charge in [0.25, 0.3) is 30.4 Å². The lowest BCUT2D eigenvalue weighted by molar-refractivity contribution is 0.481. The number of hydrogen-bond acceptors (Lipinski definition) is 6. The van der Waals surface area contributed by atoms with Crippen molar-refractivity contribution in [1.82, 2.24) is 19.9 Å². The summed E-state index contributed by atoms with van der Waals surface area (Å²) in [6, 6.07) is 37.1. The van der Waals surface area contributed by atoms with Crippen molar-refractivity contribution in [2.45, 2.75) is 21.6 Å². The van der Waals surface area contributed by atoms with Gasteiger partial charge in [-0.2, -0.15) is 25.3 Å². The molecule has 8 bridgehead atoms. The molecule has 0 amide bonds. The molecule has 1 aliphatic rings. The van der Waals surface area contributed by atoms with Gasteiger partial charge in [-0.15, -0.1) is 0 Å². The third kappa shape index (κ3) is 7.86. The Labute approximate surface area is 349 Å². The van der Waals surface area contributed by atoms with Crippen LogP contribution in [-0.4, -0.2) is 58.8 Å². The molecule has 0 radical (unpaired) electrons. The lowest BCUT2D eigenvalue weighted by Gasteiger charge is -2.07. The van der Waals surface area contributed by atoms with E-state index in [4.69, 9.17) is 0 Å². The highest BCUT2D eigenvalue weighted by Crippen LogP contribution is 2.32. The van der Waals surface area contributed by atoms with Gasteiger partial charge >= 0.3 is 0 Å². The minimum atomic E-state index is -4.49. The second-order valence-electron chi connectivity index (χ2n) is 14.6. The molecule has 7 N–H and O–H groups in total. The first-order chi connectivity index (χ1) is 29.0. The van der Waals surface area contributed by atoms with Crippen molar-refractivity contribution in [2.24, 2.45) is 0 Å². The van der Waals surface area contributed by atoms with Crippen molar-refractivity contribution in [3.63, 3.8) is 0 Å². The molecule has 0 aliphatic carbocycles. The van der Waals surface area contributed by atoms with E-state index in [1.54, 1.807) is 36.4 Å². The number of H-pyrrole nitrogens is 4. The number of aryl methyl sites for hydroxylation is 1. The van der Waals surface area contributed by atoms with Gasteiger partial charge < -0.3 is 19.9 Å². The van der Waals surface area contributed by atoms with Gasteiger partial charge in [0.05, 0.1) is 14.7 Å². The molecule has 0 atom stereocenters. The number of benzene rings is 4. The van der Waals surface area contributed by atoms with E-state index in [-0.39, 0.29) is 14.7 Å². The maximum atomic E-state index is 12.1. The number of hydrogen-bond donors (Lipinski definition) is 7. The average molecular weight is 871 g/mol. The molecule has 1 aliphatic heterocycles. The number of nitrogens with one attached hydrogen (secondary N) is 4. The Kier molecular flexibility index (Phi) is 9.58. The molecule has 61 heavy (non-hydrogen) atoms. The lowest BCUT2D eigenvalue weighted by Crippen LogP contribution is -2.16. The number of rotatable bonds is 7. The minimum absolute atomic E-state index is 0.248. The van der Waals surface area contributed by atoms with E-state index >= 15 is 0 Å². The Bertz CT molecular complexity index is 3640. The van der Waals surface area contributed by atoms with Gasteiger partial charge in [-0.1, -0.05) is 66.2 Å². The van der Waals surface area contributed by atoms with Crippen LogP contribution in [0, 0.1) is 6.92 Å². The van der Waals surface area contributed by atoms with Gasteiger partial charge in [-0.3, -0.25) is 13.7 Å². The minimum Gasteiger partial charge on any atom is -0.355 e. The van der Waals surface area contributed by atoms with Crippen molar-refractivity contribution < 1.29 is 38.9 Å². The summed E-state index contributed by atoms with van der Waals surface area (Å²) in [7, 11) is -13.4. The third-order valence-electron chi connectivity index (χ3n) is 10.5. The summed E-state index contributed by atoms with van der Waals surface area (Å²) in [6.07, 6.45) is 3.83. The molecule has 9 rings (SSSR count). The molecular formula is C45H34N4O9S3. The molecule has 5 heterocycles. The van der Waals surface area contributed by atoms with Crippen LogP contribution < -0.4 is 21.4 Å². The van der Waals surface area contributed by atoms with E-state index < -0.39 is 30.4 Å². The summed E-state index contributed by atoms with van der Waals surface area (Å²) in [5.74, 6) is 0. The van der Waals surface area contributed by atoms with E-state index in [0.29, 0.717) is 66.5 Å². The standard InChI is InChI=1S/C45H34N4O9S3/c1-26-2-4-27(5-3-26)36-24-42-45(30-10-18-35(19-11-30)61(56,57)58)43-25-37(28-6-14-33(15-7-28)59(50,51)52)41(49-43)23-32-13-21-39(47-32)44(29-8-16-34(17-9-29)60(53,54)55)38-20-12-31(46-38)22-40(36)48-42/h2-25,46-49H,1H3,(H,50,51,52)(H,53,54,55)(H,56,57,58). The molecule has 306 valence electrons. The van der Waals surface area contributed by atoms with Crippen molar-refractivity contribution in [3.05, 3.63) is 194 Å². The van der Waals surface area contributed by atoms with Crippen LogP contribution in [0.15, 0.2) is 148 Å². The predicted molar refractivity (Wildman–Crippen MR) is 230 cm³/mol. The second kappa shape index (κ2) is 14.7. The fourth-order valence-corrected chi connectivity index (χ4v) is 8.99. The summed E-state index contributed by atoms with van der Waals surface area (Å²) >= 11 is 0. The van der Waals surface area contributed by atoms with Crippen LogP contribution in [0.2, 0.25) is 0 Å². The van der Waals surface area contributed by atoms with Crippen LogP contribution in [0.5, 0.6) is 0 Å². The van der Waals surface area contributed by atoms with Gasteiger partial charge in [0.2, 0.25) is 0 Å². The molecule has 4 aromatic carbocycles. The summed E-state index contributed by atoms with van der Waals surface area (Å²) in [5, 5.41) is 2.62. The lowest BCUT2D eigenvalue weighted by atomic mass is 9.99. The maximum Gasteiger partial charge on any atom is 0.294 e. The van der Waals surface area contributed by atoms with Crippen molar-refractivity contribution >= 4 is 53.7 Å². The maximum absolute atomic E-state index is 12.1. The van der Waals surface area contributed by atoms with E-state index in [2.05, 4.69) is 19.9 Å². The van der Waals surface area contributed by atoms with Gasteiger partial charge in [-0.25, -0.2) is 0 Å². The first kappa shape index (κ1) is 39.7. The van der Waals surface area contributed by atoms with Crippen molar-refractivity contribution in [3.8, 4) is 22.3 Å². The van der Waals surface area contributed by atoms with Gasteiger partial charge in [-0.05, 0) is 114 Å². The predicted octanol–water partition coefficient (Wildman–Crippen LogP) is 4.85. The van der Waals surface area contributed by atoms with Crippen LogP contribution in [0.4, 0.5) is 0 Å². The molecule has 0 unspecified atom stereocenters. The molecule has 8 aromatic rings. The SMILES string of the molecule is Cc1ccc(-c2cc3[nH]c2C=c2ccc([nH]2)=C(c2ccc(S(=O)(=O)O)cc2)c2ccc([nH]2)C=c2[nH]c(cc2-c2ccc(S(=O)(=O)O)cc2)=C3c2ccc(S(=O)(=O)O)cc2)cc1. The zero-order chi connectivity index (χ0) is 42.8. The number of fused-ring (bicyclic) bond motifs is 8. The van der Waals surface area contributed by atoms with Gasteiger partial charge in [0, 0.05) is 66.4 Å². The fraction of sp³-hybridized carbons (Fsp3) is 0.0222. The molecule has 0 fully saturated rings. The Hall–Kier alpha value is -6.79. The highest BCUT2D eigenvalue weighted by molar-refractivity contribution is 7.86. The van der Waals surface area contributed by atoms with Crippen LogP contribution in [0.3, 0.4) is 0 Å². The summed E-state index contributed by atoms with van der Waals surface area (Å²) in [4.78, 5) is 13.4. The quantitative estimate of drug-likeness (QED) is 0.109. The molecular weight excluding hydrogens is 837 g/mol. The van der Waals surface area contributed by atoms with Crippen molar-refractivity contribution in [1.29, 1.82) is 0 Å². The molecule has 0 saturated heterocycles. The van der Waals surface area contributed by atoms with Crippen LogP contribution in [-0.2, 0) is 30.4 Å². The normalized spacial score (nSPS) is 13.2. The summed E-state index contributed by atoms with van der Waals surface area (Å²) < 4.78 is 101. The Balaban J connectivity index is 1.39. The molecule has 13 nitrogen and oxygen atoms in total. The average Bonchev–Trinajstić information content (AvgIpc) is 4.04. The monoisotopic (exact) mass is 870 g/mol. The van der Waals surface area contributed by atoms with Crippen LogP contribution in [0.25, 0.3) is 45.6 Å². The molecule has 0 saturated carbocycles. The van der Waals surface area contributed by atoms with Gasteiger partial charge in [0.1, 0.15) is 0 Å². The third-order valence-corrected chi connectivity index (χ3v) is 13.1. The van der Waals surface area contributed by atoms with Crippen molar-refractivity contribution in [2.75, 3.05) is 0 Å². The topological polar surface area (TPSA) is 226 Å². The second-order valence-corrected chi connectivity index (χ2v) is 18.8. The largest absolute Gasteiger partial charge is 0.355 e. The zero-order valence-electron chi connectivity index (χ0n) is 31.9. The first-order valence-electron chi connectivity index (χ1n) is 18.6. The van der Waals surface area contributed by atoms with Crippen LogP contribution >= 0.6 is 0 Å².